The summed E-state index contributed by atoms with van der Waals surface area (Å²) >= 11 is 0. The van der Waals surface area contributed by atoms with Crippen molar-refractivity contribution in [3.8, 4) is 0 Å². The van der Waals surface area contributed by atoms with Crippen LogP contribution in [-0.4, -0.2) is 58.3 Å². The number of nitrogens with two attached hydrogens (primary N) is 1. The van der Waals surface area contributed by atoms with Crippen LogP contribution in [0.2, 0.25) is 0 Å². The van der Waals surface area contributed by atoms with Crippen molar-refractivity contribution in [3.63, 3.8) is 0 Å². The van der Waals surface area contributed by atoms with E-state index in [1.165, 1.54) is 6.33 Å². The fraction of sp³-hybridized carbons (Fsp3) is 0.727. The van der Waals surface area contributed by atoms with Gasteiger partial charge >= 0.3 is 0 Å². The highest BCUT2D eigenvalue weighted by atomic mass is 16.5. The molecule has 0 atom stereocenters. The molecule has 1 fully saturated rings. The molecule has 1 aliphatic heterocycles. The number of piperidine rings is 1. The summed E-state index contributed by atoms with van der Waals surface area (Å²) in [5.41, 5.74) is 5.41. The first kappa shape index (κ1) is 13.0. The third-order valence-electron chi connectivity index (χ3n) is 3.05. The van der Waals surface area contributed by atoms with Crippen LogP contribution in [0.25, 0.3) is 0 Å². The lowest BCUT2D eigenvalue weighted by molar-refractivity contribution is 0.00813. The Labute approximate surface area is 106 Å². The molecule has 1 aromatic heterocycles. The predicted molar refractivity (Wildman–Crippen MR) is 64.9 cm³/mol. The van der Waals surface area contributed by atoms with Crippen molar-refractivity contribution in [1.29, 1.82) is 0 Å². The van der Waals surface area contributed by atoms with Gasteiger partial charge in [-0.1, -0.05) is 0 Å². The normalized spacial score (nSPS) is 17.1. The van der Waals surface area contributed by atoms with Crippen LogP contribution in [0.15, 0.2) is 6.33 Å². The molecule has 2 heterocycles. The summed E-state index contributed by atoms with van der Waals surface area (Å²) in [5, 5.41) is 6.27. The molecule has 1 amide bonds. The third kappa shape index (κ3) is 3.27. The molecule has 0 aliphatic carbocycles. The van der Waals surface area contributed by atoms with Gasteiger partial charge in [-0.15, -0.1) is 0 Å². The van der Waals surface area contributed by atoms with Crippen LogP contribution in [0.4, 0.5) is 0 Å². The molecule has 3 N–H and O–H groups in total. The standard InChI is InChI=1S/C11H19N5O2/c12-4-1-7-18-9-2-5-16(6-3-9)11(17)10-13-8-14-15-10/h8-9H,1-7,12H2,(H,13,14,15). The van der Waals surface area contributed by atoms with Gasteiger partial charge in [-0.25, -0.2) is 4.98 Å². The summed E-state index contributed by atoms with van der Waals surface area (Å²) in [6.45, 7) is 2.76. The Kier molecular flexibility index (Phi) is 4.66. The first-order valence-corrected chi connectivity index (χ1v) is 6.27. The lowest BCUT2D eigenvalue weighted by Crippen LogP contribution is -2.41. The number of rotatable bonds is 5. The smallest absolute Gasteiger partial charge is 0.291 e. The second-order valence-corrected chi connectivity index (χ2v) is 4.34. The fourth-order valence-electron chi connectivity index (χ4n) is 2.02. The van der Waals surface area contributed by atoms with Gasteiger partial charge in [0.05, 0.1) is 6.10 Å². The minimum Gasteiger partial charge on any atom is -0.378 e. The number of nitrogens with one attached hydrogen (secondary N) is 1. The summed E-state index contributed by atoms with van der Waals surface area (Å²) in [4.78, 5) is 17.6. The molecule has 0 spiro atoms. The quantitative estimate of drug-likeness (QED) is 0.707. The Balaban J connectivity index is 1.75. The van der Waals surface area contributed by atoms with E-state index in [0.29, 0.717) is 32.1 Å². The van der Waals surface area contributed by atoms with Gasteiger partial charge in [0, 0.05) is 19.7 Å². The molecule has 1 aliphatic rings. The number of carbonyl (C=O) groups is 1. The topological polar surface area (TPSA) is 97.1 Å². The maximum atomic E-state index is 12.0. The lowest BCUT2D eigenvalue weighted by Gasteiger charge is -2.31. The van der Waals surface area contributed by atoms with Gasteiger partial charge in [-0.05, 0) is 25.8 Å². The summed E-state index contributed by atoms with van der Waals surface area (Å²) < 4.78 is 5.69. The van der Waals surface area contributed by atoms with Crippen LogP contribution >= 0.6 is 0 Å². The number of H-pyrrole nitrogens is 1. The van der Waals surface area contributed by atoms with Gasteiger partial charge in [0.1, 0.15) is 6.33 Å². The van der Waals surface area contributed by atoms with Crippen molar-refractivity contribution >= 4 is 5.91 Å². The number of ether oxygens (including phenoxy) is 1. The average molecular weight is 253 g/mol. The number of amides is 1. The second-order valence-electron chi connectivity index (χ2n) is 4.34. The number of hydrogen-bond acceptors (Lipinski definition) is 5. The van der Waals surface area contributed by atoms with Crippen LogP contribution in [0, 0.1) is 0 Å². The first-order chi connectivity index (χ1) is 8.81. The molecule has 100 valence electrons. The summed E-state index contributed by atoms with van der Waals surface area (Å²) in [5.74, 6) is 0.213. The third-order valence-corrected chi connectivity index (χ3v) is 3.05. The van der Waals surface area contributed by atoms with Crippen LogP contribution < -0.4 is 5.73 Å². The van der Waals surface area contributed by atoms with Gasteiger partial charge in [0.15, 0.2) is 0 Å². The van der Waals surface area contributed by atoms with Crippen molar-refractivity contribution in [2.45, 2.75) is 25.4 Å². The molecule has 2 rings (SSSR count). The van der Waals surface area contributed by atoms with Crippen molar-refractivity contribution in [2.75, 3.05) is 26.2 Å². The highest BCUT2D eigenvalue weighted by Crippen LogP contribution is 2.15. The van der Waals surface area contributed by atoms with Crippen LogP contribution in [0.3, 0.4) is 0 Å². The average Bonchev–Trinajstić information content (AvgIpc) is 2.93. The Morgan fingerprint density at radius 3 is 2.94 bits per heavy atom. The van der Waals surface area contributed by atoms with Crippen LogP contribution in [0.1, 0.15) is 29.9 Å². The molecule has 0 bridgehead atoms. The summed E-state index contributed by atoms with van der Waals surface area (Å²) in [6.07, 6.45) is 4.21. The van der Waals surface area contributed by atoms with Gasteiger partial charge in [-0.2, -0.15) is 5.10 Å². The Bertz CT molecular complexity index is 360. The zero-order valence-corrected chi connectivity index (χ0v) is 10.3. The zero-order chi connectivity index (χ0) is 12.8. The minimum atomic E-state index is -0.0899. The molecule has 7 heteroatoms. The van der Waals surface area contributed by atoms with Gasteiger partial charge in [0.25, 0.3) is 5.91 Å². The van der Waals surface area contributed by atoms with E-state index in [4.69, 9.17) is 10.5 Å². The lowest BCUT2D eigenvalue weighted by atomic mass is 10.1. The van der Waals surface area contributed by atoms with E-state index in [2.05, 4.69) is 15.2 Å². The van der Waals surface area contributed by atoms with E-state index in [1.807, 2.05) is 0 Å². The Morgan fingerprint density at radius 1 is 1.56 bits per heavy atom. The predicted octanol–water partition coefficient (Wildman–Crippen LogP) is -0.225. The van der Waals surface area contributed by atoms with Gasteiger partial charge < -0.3 is 15.4 Å². The first-order valence-electron chi connectivity index (χ1n) is 6.27. The van der Waals surface area contributed by atoms with Crippen molar-refractivity contribution in [1.82, 2.24) is 20.1 Å². The summed E-state index contributed by atoms with van der Waals surface area (Å²) in [7, 11) is 0. The molecule has 1 saturated heterocycles. The van der Waals surface area contributed by atoms with Crippen LogP contribution in [0.5, 0.6) is 0 Å². The summed E-state index contributed by atoms with van der Waals surface area (Å²) in [6, 6.07) is 0. The van der Waals surface area contributed by atoms with Crippen LogP contribution in [-0.2, 0) is 4.74 Å². The molecular formula is C11H19N5O2. The van der Waals surface area contributed by atoms with E-state index in [-0.39, 0.29) is 12.0 Å². The SMILES string of the molecule is NCCCOC1CCN(C(=O)c2ncn[nH]2)CC1. The van der Waals surface area contributed by atoms with E-state index in [0.717, 1.165) is 19.3 Å². The van der Waals surface area contributed by atoms with Gasteiger partial charge in [0.2, 0.25) is 5.82 Å². The van der Waals surface area contributed by atoms with Gasteiger partial charge in [-0.3, -0.25) is 9.89 Å². The Hall–Kier alpha value is -1.47. The number of aromatic nitrogens is 3. The van der Waals surface area contributed by atoms with Crippen molar-refractivity contribution in [3.05, 3.63) is 12.2 Å². The Morgan fingerprint density at radius 2 is 2.33 bits per heavy atom. The second kappa shape index (κ2) is 6.46. The molecule has 0 saturated carbocycles. The fourth-order valence-corrected chi connectivity index (χ4v) is 2.02. The van der Waals surface area contributed by atoms with E-state index >= 15 is 0 Å². The zero-order valence-electron chi connectivity index (χ0n) is 10.3. The number of nitrogens with zero attached hydrogens (tertiary/aromatic N) is 3. The molecular weight excluding hydrogens is 234 g/mol. The van der Waals surface area contributed by atoms with Crippen molar-refractivity contribution in [2.24, 2.45) is 5.73 Å². The highest BCUT2D eigenvalue weighted by molar-refractivity contribution is 5.90. The molecule has 7 nitrogen and oxygen atoms in total. The number of aromatic amines is 1. The molecule has 0 radical (unpaired) electrons. The number of hydrogen-bond donors (Lipinski definition) is 2. The largest absolute Gasteiger partial charge is 0.378 e. The molecule has 1 aromatic rings. The molecule has 0 aromatic carbocycles. The molecule has 18 heavy (non-hydrogen) atoms. The monoisotopic (exact) mass is 253 g/mol. The van der Waals surface area contributed by atoms with E-state index in [1.54, 1.807) is 4.90 Å². The number of carbonyl (C=O) groups excluding carboxylic acids is 1. The molecule has 0 unspecified atom stereocenters. The highest BCUT2D eigenvalue weighted by Gasteiger charge is 2.25. The minimum absolute atomic E-state index is 0.0899. The van der Waals surface area contributed by atoms with E-state index in [9.17, 15) is 4.79 Å². The van der Waals surface area contributed by atoms with Crippen molar-refractivity contribution < 1.29 is 9.53 Å². The van der Waals surface area contributed by atoms with E-state index < -0.39 is 0 Å². The maximum absolute atomic E-state index is 12.0. The maximum Gasteiger partial charge on any atom is 0.291 e. The number of likely N-dealkylation sites (tertiary alicyclic amines) is 1.